The fraction of sp³-hybridized carbons (Fsp3) is 0.364. The molecule has 0 saturated carbocycles. The van der Waals surface area contributed by atoms with Crippen LogP contribution in [0.2, 0.25) is 8.87 Å². The quantitative estimate of drug-likeness (QED) is 0.230. The molecule has 0 aromatic heterocycles. The van der Waals surface area contributed by atoms with Crippen LogP contribution >= 0.6 is 0 Å². The maximum Gasteiger partial charge on any atom is -0.0178 e. The summed E-state index contributed by atoms with van der Waals surface area (Å²) < 4.78 is 3.25. The van der Waals surface area contributed by atoms with Gasteiger partial charge in [0.1, 0.15) is 0 Å². The molecule has 0 aliphatic rings. The topological polar surface area (TPSA) is 0 Å². The number of hydrogen-bond acceptors (Lipinski definition) is 0. The second kappa shape index (κ2) is 10.7. The van der Waals surface area contributed by atoms with Gasteiger partial charge in [0.25, 0.3) is 0 Å². The molecule has 3 aromatic rings. The molecule has 3 rings (SSSR count). The third kappa shape index (κ3) is 6.18. The zero-order valence-corrected chi connectivity index (χ0v) is 17.4. The van der Waals surface area contributed by atoms with Gasteiger partial charge in [-0.25, -0.2) is 0 Å². The first-order valence-electron chi connectivity index (χ1n) is 8.93. The number of hydrogen-bond donors (Lipinski definition) is 0. The second-order valence-corrected chi connectivity index (χ2v) is 10.3. The van der Waals surface area contributed by atoms with Crippen LogP contribution in [-0.4, -0.2) is 21.1 Å². The van der Waals surface area contributed by atoms with Crippen LogP contribution in [0.25, 0.3) is 21.5 Å². The van der Waals surface area contributed by atoms with Gasteiger partial charge < -0.3 is 0 Å². The molecule has 0 atom stereocenters. The van der Waals surface area contributed by atoms with Crippen molar-refractivity contribution in [2.75, 3.05) is 0 Å². The smallest absolute Gasteiger partial charge is 0.0178 e. The van der Waals surface area contributed by atoms with Gasteiger partial charge in [-0.15, -0.1) is 0 Å². The van der Waals surface area contributed by atoms with Crippen molar-refractivity contribution in [1.82, 2.24) is 0 Å². The average Bonchev–Trinajstić information content (AvgIpc) is 2.60. The molecule has 3 aromatic carbocycles. The van der Waals surface area contributed by atoms with Gasteiger partial charge in [0.15, 0.2) is 0 Å². The Labute approximate surface area is 151 Å². The summed E-state index contributed by atoms with van der Waals surface area (Å²) in [7, 11) is 0. The van der Waals surface area contributed by atoms with E-state index in [2.05, 4.69) is 74.5 Å². The van der Waals surface area contributed by atoms with Crippen molar-refractivity contribution in [2.45, 2.75) is 48.4 Å². The molecule has 0 nitrogen and oxygen atoms in total. The van der Waals surface area contributed by atoms with Crippen molar-refractivity contribution in [1.29, 1.82) is 0 Å². The number of rotatable bonds is 6. The number of fused-ring (bicyclic) bond motifs is 2. The molecule has 1 heteroatoms. The third-order valence-electron chi connectivity index (χ3n) is 4.03. The molecule has 2 radical (unpaired) electrons. The van der Waals surface area contributed by atoms with E-state index in [1.807, 2.05) is 0 Å². The second-order valence-electron chi connectivity index (χ2n) is 6.00. The maximum absolute atomic E-state index is 2.29. The van der Waals surface area contributed by atoms with E-state index in [1.165, 1.54) is 47.2 Å². The molecule has 0 unspecified atom stereocenters. The molecule has 0 aliphatic heterocycles. The molecule has 23 heavy (non-hydrogen) atoms. The predicted molar refractivity (Wildman–Crippen MR) is 107 cm³/mol. The zero-order chi connectivity index (χ0) is 16.3. The molecular formula is C22H28Sn. The van der Waals surface area contributed by atoms with Gasteiger partial charge in [0.2, 0.25) is 0 Å². The van der Waals surface area contributed by atoms with Gasteiger partial charge >= 0.3 is 69.5 Å². The van der Waals surface area contributed by atoms with Crippen molar-refractivity contribution < 1.29 is 0 Å². The van der Waals surface area contributed by atoms with Gasteiger partial charge in [-0.05, 0) is 33.7 Å². The van der Waals surface area contributed by atoms with E-state index in [1.54, 1.807) is 8.87 Å². The van der Waals surface area contributed by atoms with Crippen molar-refractivity contribution in [3.63, 3.8) is 0 Å². The molecule has 0 fully saturated rings. The van der Waals surface area contributed by atoms with Crippen LogP contribution in [0.3, 0.4) is 0 Å². The van der Waals surface area contributed by atoms with Crippen LogP contribution in [0.4, 0.5) is 0 Å². The molecule has 0 heterocycles. The molecule has 0 N–H and O–H groups in total. The maximum atomic E-state index is 2.29. The Bertz CT molecular complexity index is 591. The third-order valence-corrected chi connectivity index (χ3v) is 8.06. The first-order valence-corrected chi connectivity index (χ1v) is 13.0. The Balaban J connectivity index is 0.000000188. The molecule has 0 saturated heterocycles. The molecule has 120 valence electrons. The summed E-state index contributed by atoms with van der Waals surface area (Å²) in [5.41, 5.74) is 0. The van der Waals surface area contributed by atoms with Crippen molar-refractivity contribution in [2.24, 2.45) is 0 Å². The Hall–Kier alpha value is -1.02. The Morgan fingerprint density at radius 1 is 0.609 bits per heavy atom. The average molecular weight is 411 g/mol. The molecular weight excluding hydrogens is 383 g/mol. The van der Waals surface area contributed by atoms with Crippen molar-refractivity contribution >= 4 is 42.7 Å². The van der Waals surface area contributed by atoms with Gasteiger partial charge in [0, 0.05) is 0 Å². The van der Waals surface area contributed by atoms with E-state index in [-0.39, 0.29) is 21.1 Å². The zero-order valence-electron chi connectivity index (χ0n) is 14.5. The minimum absolute atomic E-state index is 0.149. The van der Waals surface area contributed by atoms with E-state index in [0.29, 0.717) is 0 Å². The molecule has 0 aliphatic carbocycles. The molecule has 0 spiro atoms. The number of benzene rings is 3. The van der Waals surface area contributed by atoms with Crippen LogP contribution in [0.15, 0.2) is 60.7 Å². The first kappa shape index (κ1) is 18.3. The Morgan fingerprint density at radius 2 is 0.957 bits per heavy atom. The van der Waals surface area contributed by atoms with Gasteiger partial charge in [0.05, 0.1) is 0 Å². The van der Waals surface area contributed by atoms with Crippen molar-refractivity contribution in [3.8, 4) is 0 Å². The fourth-order valence-electron chi connectivity index (χ4n) is 2.61. The van der Waals surface area contributed by atoms with E-state index in [0.717, 1.165) is 0 Å². The SMILES string of the molecule is CCC[CH2][Sn][CH2]CCC.c1ccc2cc3ccccc3cc2c1. The van der Waals surface area contributed by atoms with Gasteiger partial charge in [-0.3, -0.25) is 0 Å². The summed E-state index contributed by atoms with van der Waals surface area (Å²) in [5, 5.41) is 5.25. The summed E-state index contributed by atoms with van der Waals surface area (Å²) in [6.07, 6.45) is 5.84. The Morgan fingerprint density at radius 3 is 1.26 bits per heavy atom. The first-order chi connectivity index (χ1) is 11.3. The van der Waals surface area contributed by atoms with E-state index in [4.69, 9.17) is 0 Å². The summed E-state index contributed by atoms with van der Waals surface area (Å²) >= 11 is 0.149. The van der Waals surface area contributed by atoms with Crippen LogP contribution in [0.1, 0.15) is 39.5 Å². The van der Waals surface area contributed by atoms with Gasteiger partial charge in [-0.1, -0.05) is 48.5 Å². The predicted octanol–water partition coefficient (Wildman–Crippen LogP) is 7.12. The van der Waals surface area contributed by atoms with Crippen LogP contribution in [0.5, 0.6) is 0 Å². The largest absolute Gasteiger partial charge is 0.0616 e. The van der Waals surface area contributed by atoms with Crippen LogP contribution in [-0.2, 0) is 0 Å². The van der Waals surface area contributed by atoms with Crippen LogP contribution < -0.4 is 0 Å². The minimum atomic E-state index is 0.149. The van der Waals surface area contributed by atoms with Crippen LogP contribution in [0, 0.1) is 0 Å². The summed E-state index contributed by atoms with van der Waals surface area (Å²) in [6.45, 7) is 4.58. The molecule has 0 amide bonds. The summed E-state index contributed by atoms with van der Waals surface area (Å²) in [4.78, 5) is 0. The van der Waals surface area contributed by atoms with Gasteiger partial charge in [-0.2, -0.15) is 0 Å². The van der Waals surface area contributed by atoms with Crippen molar-refractivity contribution in [3.05, 3.63) is 60.7 Å². The monoisotopic (exact) mass is 412 g/mol. The Kier molecular flexibility index (Phi) is 8.52. The standard InChI is InChI=1S/C14H10.2C4H9.Sn/c1-2-6-12-10-14-8-4-3-7-13(14)9-11(12)5-1;2*1-3-4-2;/h1-10H;2*1,3-4H2,2H3;. The normalized spacial score (nSPS) is 10.5. The minimum Gasteiger partial charge on any atom is -0.0616 e. The summed E-state index contributed by atoms with van der Waals surface area (Å²) in [6, 6.07) is 21.4. The van der Waals surface area contributed by atoms with E-state index in [9.17, 15) is 0 Å². The summed E-state index contributed by atoms with van der Waals surface area (Å²) in [5.74, 6) is 0. The fourth-order valence-corrected chi connectivity index (χ4v) is 6.77. The van der Waals surface area contributed by atoms with E-state index < -0.39 is 0 Å². The molecule has 0 bridgehead atoms. The van der Waals surface area contributed by atoms with E-state index >= 15 is 0 Å². The number of unbranched alkanes of at least 4 members (excludes halogenated alkanes) is 2.